The van der Waals surface area contributed by atoms with E-state index in [1.165, 1.54) is 20.4 Å². The summed E-state index contributed by atoms with van der Waals surface area (Å²) in [6, 6.07) is 10.1. The van der Waals surface area contributed by atoms with Gasteiger partial charge in [-0.15, -0.1) is 0 Å². The van der Waals surface area contributed by atoms with Crippen molar-refractivity contribution in [3.63, 3.8) is 0 Å². The van der Waals surface area contributed by atoms with Crippen LogP contribution in [0.15, 0.2) is 41.5 Å². The van der Waals surface area contributed by atoms with Crippen molar-refractivity contribution >= 4 is 47.0 Å². The van der Waals surface area contributed by atoms with Crippen molar-refractivity contribution in [2.45, 2.75) is 0 Å². The lowest BCUT2D eigenvalue weighted by Crippen LogP contribution is -2.25. The van der Waals surface area contributed by atoms with Crippen LogP contribution in [0.3, 0.4) is 0 Å². The second-order valence-corrected chi connectivity index (χ2v) is 6.40. The molecule has 29 heavy (non-hydrogen) atoms. The molecule has 0 aliphatic heterocycles. The number of hydrogen-bond acceptors (Lipinski definition) is 7. The molecule has 2 N–H and O–H groups in total. The minimum absolute atomic E-state index is 0.0311. The minimum Gasteiger partial charge on any atom is -0.493 e. The van der Waals surface area contributed by atoms with Gasteiger partial charge < -0.3 is 19.5 Å². The molecule has 0 heterocycles. The van der Waals surface area contributed by atoms with E-state index < -0.39 is 5.97 Å². The van der Waals surface area contributed by atoms with Gasteiger partial charge in [0.2, 0.25) is 0 Å². The van der Waals surface area contributed by atoms with Crippen LogP contribution in [0.25, 0.3) is 0 Å². The first-order valence-electron chi connectivity index (χ1n) is 8.31. The predicted molar refractivity (Wildman–Crippen MR) is 111 cm³/mol. The van der Waals surface area contributed by atoms with Crippen LogP contribution in [-0.4, -0.2) is 45.5 Å². The van der Waals surface area contributed by atoms with Crippen LogP contribution in [0.5, 0.6) is 11.5 Å². The molecule has 2 rings (SSSR count). The van der Waals surface area contributed by atoms with Gasteiger partial charge in [0.15, 0.2) is 18.1 Å². The molecule has 0 spiro atoms. The summed E-state index contributed by atoms with van der Waals surface area (Å²) in [6.45, 7) is -0.278. The first kappa shape index (κ1) is 22.3. The molecule has 2 aromatic carbocycles. The lowest BCUT2D eigenvalue weighted by atomic mass is 10.2. The number of benzene rings is 2. The van der Waals surface area contributed by atoms with Gasteiger partial charge in [-0.2, -0.15) is 5.10 Å². The molecule has 0 aliphatic rings. The Bertz CT molecular complexity index is 888. The summed E-state index contributed by atoms with van der Waals surface area (Å²) in [5, 5.41) is 7.65. The van der Waals surface area contributed by atoms with Crippen molar-refractivity contribution in [1.82, 2.24) is 5.43 Å². The number of hydrogen-bond donors (Lipinski definition) is 2. The maximum absolute atomic E-state index is 11.9. The van der Waals surface area contributed by atoms with Crippen LogP contribution in [0.1, 0.15) is 5.56 Å². The number of rotatable bonds is 9. The Balaban J connectivity index is 1.93. The fourth-order valence-electron chi connectivity index (χ4n) is 2.11. The average Bonchev–Trinajstić information content (AvgIpc) is 2.71. The third-order valence-corrected chi connectivity index (χ3v) is 4.05. The first-order chi connectivity index (χ1) is 13.9. The van der Waals surface area contributed by atoms with E-state index in [0.29, 0.717) is 16.3 Å². The molecule has 0 fully saturated rings. The van der Waals surface area contributed by atoms with Gasteiger partial charge in [0.25, 0.3) is 5.91 Å². The van der Waals surface area contributed by atoms with Crippen LogP contribution in [0.4, 0.5) is 5.69 Å². The molecular weight excluding hydrogens is 421 g/mol. The smallest absolute Gasteiger partial charge is 0.343 e. The number of carbonyl (C=O) groups excluding carboxylic acids is 2. The van der Waals surface area contributed by atoms with E-state index in [-0.39, 0.29) is 29.8 Å². The summed E-state index contributed by atoms with van der Waals surface area (Å²) < 4.78 is 15.1. The molecule has 0 aromatic heterocycles. The molecule has 8 nitrogen and oxygen atoms in total. The molecule has 0 saturated heterocycles. The fraction of sp³-hybridized carbons (Fsp3) is 0.211. The zero-order valence-electron chi connectivity index (χ0n) is 15.7. The zero-order valence-corrected chi connectivity index (χ0v) is 17.2. The van der Waals surface area contributed by atoms with Crippen molar-refractivity contribution in [3.8, 4) is 11.5 Å². The average molecular weight is 440 g/mol. The van der Waals surface area contributed by atoms with Crippen LogP contribution < -0.4 is 20.2 Å². The highest BCUT2D eigenvalue weighted by Gasteiger charge is 2.13. The Hall–Kier alpha value is -2.97. The summed E-state index contributed by atoms with van der Waals surface area (Å²) >= 11 is 12.0. The van der Waals surface area contributed by atoms with Gasteiger partial charge >= 0.3 is 5.97 Å². The molecule has 0 radical (unpaired) electrons. The summed E-state index contributed by atoms with van der Waals surface area (Å²) in [7, 11) is 2.69. The van der Waals surface area contributed by atoms with Crippen molar-refractivity contribution < 1.29 is 23.8 Å². The standard InChI is InChI=1S/C19H19Cl2N3O5/c1-27-16-8-12(7-15(21)19(16)29-11-18(26)28-2)9-23-24-17(25)10-22-14-5-3-13(20)4-6-14/h3-9,22H,10-11H2,1-2H3,(H,24,25)/b23-9-. The number of halogens is 2. The Morgan fingerprint density at radius 1 is 1.14 bits per heavy atom. The maximum atomic E-state index is 11.9. The van der Waals surface area contributed by atoms with E-state index in [0.717, 1.165) is 5.69 Å². The summed E-state index contributed by atoms with van der Waals surface area (Å²) in [5.74, 6) is -0.387. The highest BCUT2D eigenvalue weighted by molar-refractivity contribution is 6.32. The van der Waals surface area contributed by atoms with Crippen molar-refractivity contribution in [2.24, 2.45) is 5.10 Å². The van der Waals surface area contributed by atoms with Gasteiger partial charge in [-0.05, 0) is 42.0 Å². The number of esters is 1. The lowest BCUT2D eigenvalue weighted by Gasteiger charge is -2.12. The van der Waals surface area contributed by atoms with E-state index in [1.807, 2.05) is 0 Å². The van der Waals surface area contributed by atoms with Crippen LogP contribution in [-0.2, 0) is 14.3 Å². The Kier molecular flexibility index (Phi) is 8.57. The number of anilines is 1. The van der Waals surface area contributed by atoms with Gasteiger partial charge in [0.1, 0.15) is 0 Å². The van der Waals surface area contributed by atoms with Crippen molar-refractivity contribution in [3.05, 3.63) is 52.0 Å². The number of carbonyl (C=O) groups is 2. The highest BCUT2D eigenvalue weighted by atomic mass is 35.5. The molecule has 154 valence electrons. The molecule has 0 unspecified atom stereocenters. The minimum atomic E-state index is -0.552. The van der Waals surface area contributed by atoms with Gasteiger partial charge in [0, 0.05) is 10.7 Å². The van der Waals surface area contributed by atoms with E-state index in [2.05, 4.69) is 20.6 Å². The third-order valence-electron chi connectivity index (χ3n) is 3.51. The van der Waals surface area contributed by atoms with Crippen LogP contribution >= 0.6 is 23.2 Å². The first-order valence-corrected chi connectivity index (χ1v) is 9.07. The highest BCUT2D eigenvalue weighted by Crippen LogP contribution is 2.36. The van der Waals surface area contributed by atoms with E-state index in [9.17, 15) is 9.59 Å². The van der Waals surface area contributed by atoms with E-state index in [1.54, 1.807) is 36.4 Å². The second kappa shape index (κ2) is 11.1. The Morgan fingerprint density at radius 2 is 1.86 bits per heavy atom. The fourth-order valence-corrected chi connectivity index (χ4v) is 2.51. The molecule has 2 aromatic rings. The SMILES string of the molecule is COC(=O)COc1c(Cl)cc(/C=N\NC(=O)CNc2ccc(Cl)cc2)cc1OC. The predicted octanol–water partition coefficient (Wildman–Crippen LogP) is 3.12. The van der Waals surface area contributed by atoms with E-state index >= 15 is 0 Å². The summed E-state index contributed by atoms with van der Waals surface area (Å²) in [4.78, 5) is 23.1. The molecule has 1 amide bonds. The quantitative estimate of drug-likeness (QED) is 0.353. The summed E-state index contributed by atoms with van der Waals surface area (Å²) in [5.41, 5.74) is 3.71. The zero-order chi connectivity index (χ0) is 21.2. The molecule has 0 atom stereocenters. The second-order valence-electron chi connectivity index (χ2n) is 5.55. The molecule has 0 saturated carbocycles. The van der Waals surface area contributed by atoms with Gasteiger partial charge in [-0.3, -0.25) is 4.79 Å². The van der Waals surface area contributed by atoms with Crippen LogP contribution in [0, 0.1) is 0 Å². The number of amides is 1. The van der Waals surface area contributed by atoms with Gasteiger partial charge in [-0.1, -0.05) is 23.2 Å². The number of hydrazone groups is 1. The van der Waals surface area contributed by atoms with Crippen LogP contribution in [0.2, 0.25) is 10.0 Å². The topological polar surface area (TPSA) is 98.3 Å². The number of nitrogens with zero attached hydrogens (tertiary/aromatic N) is 1. The number of ether oxygens (including phenoxy) is 3. The molecule has 10 heteroatoms. The van der Waals surface area contributed by atoms with Gasteiger partial charge in [-0.25, -0.2) is 10.2 Å². The molecular formula is C19H19Cl2N3O5. The molecule has 0 bridgehead atoms. The monoisotopic (exact) mass is 439 g/mol. The van der Waals surface area contributed by atoms with Gasteiger partial charge in [0.05, 0.1) is 32.0 Å². The largest absolute Gasteiger partial charge is 0.493 e. The Labute approximate surface area is 177 Å². The van der Waals surface area contributed by atoms with Crippen molar-refractivity contribution in [1.29, 1.82) is 0 Å². The third kappa shape index (κ3) is 7.17. The lowest BCUT2D eigenvalue weighted by molar-refractivity contribution is -0.142. The van der Waals surface area contributed by atoms with Crippen molar-refractivity contribution in [2.75, 3.05) is 32.7 Å². The number of methoxy groups -OCH3 is 2. The number of nitrogens with one attached hydrogen (secondary N) is 2. The normalized spacial score (nSPS) is 10.5. The Morgan fingerprint density at radius 3 is 2.52 bits per heavy atom. The summed E-state index contributed by atoms with van der Waals surface area (Å²) in [6.07, 6.45) is 1.40. The van der Waals surface area contributed by atoms with E-state index in [4.69, 9.17) is 32.7 Å². The maximum Gasteiger partial charge on any atom is 0.343 e. The molecule has 0 aliphatic carbocycles.